The van der Waals surface area contributed by atoms with Gasteiger partial charge in [-0.15, -0.1) is 0 Å². The third kappa shape index (κ3) is 6.49. The van der Waals surface area contributed by atoms with Crippen molar-refractivity contribution in [3.8, 4) is 11.5 Å². The zero-order valence-electron chi connectivity index (χ0n) is 19.7. The molecule has 2 aromatic carbocycles. The van der Waals surface area contributed by atoms with Crippen LogP contribution in [0.4, 0.5) is 0 Å². The molecular weight excluding hydrogens is 388 g/mol. The number of unbranched alkanes of at least 4 members (excludes halogenated alkanes) is 1. The fourth-order valence-electron chi connectivity index (χ4n) is 3.99. The summed E-state index contributed by atoms with van der Waals surface area (Å²) in [5.74, 6) is 0.761. The van der Waals surface area contributed by atoms with Gasteiger partial charge in [0.1, 0.15) is 11.5 Å². The van der Waals surface area contributed by atoms with Crippen molar-refractivity contribution >= 4 is 5.97 Å². The highest BCUT2D eigenvalue weighted by atomic mass is 16.5. The Morgan fingerprint density at radius 3 is 2.00 bits per heavy atom. The van der Waals surface area contributed by atoms with E-state index >= 15 is 0 Å². The summed E-state index contributed by atoms with van der Waals surface area (Å²) in [6, 6.07) is 11.2. The van der Waals surface area contributed by atoms with Gasteiger partial charge in [-0.1, -0.05) is 64.3 Å². The molecule has 1 unspecified atom stereocenters. The highest BCUT2D eigenvalue weighted by Crippen LogP contribution is 2.39. The van der Waals surface area contributed by atoms with Crippen LogP contribution in [0.1, 0.15) is 81.5 Å². The molecule has 31 heavy (non-hydrogen) atoms. The summed E-state index contributed by atoms with van der Waals surface area (Å²) in [7, 11) is 0. The molecule has 0 aliphatic rings. The minimum Gasteiger partial charge on any atom is -0.508 e. The van der Waals surface area contributed by atoms with Crippen LogP contribution in [0, 0.1) is 19.8 Å². The molecule has 0 aromatic heterocycles. The van der Waals surface area contributed by atoms with Gasteiger partial charge >= 0.3 is 5.97 Å². The highest BCUT2D eigenvalue weighted by Gasteiger charge is 2.31. The number of rotatable bonds is 11. The number of phenols is 2. The first-order valence-electron chi connectivity index (χ1n) is 11.5. The van der Waals surface area contributed by atoms with Crippen LogP contribution in [-0.2, 0) is 14.9 Å². The number of aryl methyl sites for hydroxylation is 2. The van der Waals surface area contributed by atoms with Gasteiger partial charge in [-0.25, -0.2) is 0 Å². The van der Waals surface area contributed by atoms with Gasteiger partial charge in [0.05, 0.1) is 6.61 Å². The minimum absolute atomic E-state index is 0.174. The predicted octanol–water partition coefficient (Wildman–Crippen LogP) is 6.56. The van der Waals surface area contributed by atoms with E-state index in [1.165, 1.54) is 0 Å². The summed E-state index contributed by atoms with van der Waals surface area (Å²) in [5.41, 5.74) is 3.18. The molecule has 0 amide bonds. The fourth-order valence-corrected chi connectivity index (χ4v) is 3.99. The minimum atomic E-state index is -0.456. The van der Waals surface area contributed by atoms with Gasteiger partial charge in [0.2, 0.25) is 0 Å². The fraction of sp³-hybridized carbons (Fsp3) is 0.519. The molecule has 0 saturated heterocycles. The zero-order chi connectivity index (χ0) is 23.0. The quantitative estimate of drug-likeness (QED) is 0.399. The van der Waals surface area contributed by atoms with E-state index in [1.807, 2.05) is 38.1 Å². The molecule has 0 spiro atoms. The van der Waals surface area contributed by atoms with E-state index in [1.54, 1.807) is 12.1 Å². The smallest absolute Gasteiger partial charge is 0.305 e. The van der Waals surface area contributed by atoms with Gasteiger partial charge in [-0.05, 0) is 67.0 Å². The van der Waals surface area contributed by atoms with Crippen LogP contribution in [0.5, 0.6) is 11.5 Å². The van der Waals surface area contributed by atoms with Gasteiger partial charge in [0.25, 0.3) is 0 Å². The summed E-state index contributed by atoms with van der Waals surface area (Å²) in [6.45, 7) is 10.7. The second-order valence-electron chi connectivity index (χ2n) is 8.93. The molecular formula is C27H38O4. The molecule has 0 saturated carbocycles. The molecule has 0 aliphatic carbocycles. The van der Waals surface area contributed by atoms with Crippen molar-refractivity contribution in [2.75, 3.05) is 6.61 Å². The normalized spacial score (nSPS) is 12.5. The lowest BCUT2D eigenvalue weighted by Crippen LogP contribution is -2.26. The van der Waals surface area contributed by atoms with E-state index < -0.39 is 5.41 Å². The van der Waals surface area contributed by atoms with Crippen LogP contribution in [0.3, 0.4) is 0 Å². The van der Waals surface area contributed by atoms with E-state index in [4.69, 9.17) is 4.74 Å². The van der Waals surface area contributed by atoms with Gasteiger partial charge in [-0.3, -0.25) is 4.79 Å². The van der Waals surface area contributed by atoms with Gasteiger partial charge < -0.3 is 14.9 Å². The number of carbonyl (C=O) groups excluding carboxylic acids is 1. The third-order valence-corrected chi connectivity index (χ3v) is 6.52. The molecule has 0 radical (unpaired) electrons. The molecule has 0 aliphatic heterocycles. The Morgan fingerprint density at radius 1 is 1.00 bits per heavy atom. The monoisotopic (exact) mass is 426 g/mol. The Balaban J connectivity index is 2.20. The molecule has 1 atom stereocenters. The SMILES string of the molecule is CCCCC(CC)COC(=O)CCC(C)(c1ccc(O)c(C)c1)c1ccc(O)c(C)c1. The number of ether oxygens (including phenoxy) is 1. The maximum absolute atomic E-state index is 12.6. The number of phenolic OH excluding ortho intramolecular Hbond substituents is 2. The standard InChI is InChI=1S/C27H38O4/c1-6-8-9-21(7-2)18-31-26(30)14-15-27(5,22-10-12-24(28)19(3)16-22)23-11-13-25(29)20(4)17-23/h10-13,16-17,21,28-29H,6-9,14-15,18H2,1-5H3. The Hall–Kier alpha value is -2.49. The number of hydrogen-bond acceptors (Lipinski definition) is 4. The average Bonchev–Trinajstić information content (AvgIpc) is 2.76. The summed E-state index contributed by atoms with van der Waals surface area (Å²) in [5, 5.41) is 20.0. The maximum atomic E-state index is 12.6. The number of esters is 1. The van der Waals surface area contributed by atoms with Gasteiger partial charge in [0.15, 0.2) is 0 Å². The largest absolute Gasteiger partial charge is 0.508 e. The van der Waals surface area contributed by atoms with Crippen molar-refractivity contribution in [2.24, 2.45) is 5.92 Å². The molecule has 2 rings (SSSR count). The Bertz CT molecular complexity index is 820. The highest BCUT2D eigenvalue weighted by molar-refractivity contribution is 5.69. The van der Waals surface area contributed by atoms with E-state index in [0.717, 1.165) is 47.9 Å². The average molecular weight is 427 g/mol. The first kappa shape index (κ1) is 24.8. The molecule has 0 heterocycles. The zero-order valence-corrected chi connectivity index (χ0v) is 19.7. The number of carbonyl (C=O) groups is 1. The number of hydrogen-bond donors (Lipinski definition) is 2. The van der Waals surface area contributed by atoms with Crippen molar-refractivity contribution in [2.45, 2.75) is 78.6 Å². The van der Waals surface area contributed by atoms with Gasteiger partial charge in [-0.2, -0.15) is 0 Å². The molecule has 4 nitrogen and oxygen atoms in total. The van der Waals surface area contributed by atoms with Crippen molar-refractivity contribution in [1.29, 1.82) is 0 Å². The predicted molar refractivity (Wildman–Crippen MR) is 126 cm³/mol. The number of benzene rings is 2. The van der Waals surface area contributed by atoms with E-state index in [9.17, 15) is 15.0 Å². The lowest BCUT2D eigenvalue weighted by molar-refractivity contribution is -0.145. The van der Waals surface area contributed by atoms with Crippen LogP contribution >= 0.6 is 0 Å². The second kappa shape index (κ2) is 11.2. The summed E-state index contributed by atoms with van der Waals surface area (Å²) in [6.07, 6.45) is 5.31. The third-order valence-electron chi connectivity index (χ3n) is 6.52. The van der Waals surface area contributed by atoms with Crippen LogP contribution in [0.15, 0.2) is 36.4 Å². The van der Waals surface area contributed by atoms with Crippen molar-refractivity contribution in [3.63, 3.8) is 0 Å². The molecule has 2 N–H and O–H groups in total. The summed E-state index contributed by atoms with van der Waals surface area (Å²) < 4.78 is 5.63. The second-order valence-corrected chi connectivity index (χ2v) is 8.93. The summed E-state index contributed by atoms with van der Waals surface area (Å²) in [4.78, 5) is 12.6. The first-order chi connectivity index (χ1) is 14.7. The maximum Gasteiger partial charge on any atom is 0.305 e. The van der Waals surface area contributed by atoms with Crippen molar-refractivity contribution < 1.29 is 19.7 Å². The molecule has 170 valence electrons. The number of aromatic hydroxyl groups is 2. The lowest BCUT2D eigenvalue weighted by Gasteiger charge is -2.32. The molecule has 2 aromatic rings. The first-order valence-corrected chi connectivity index (χ1v) is 11.5. The molecule has 0 fully saturated rings. The van der Waals surface area contributed by atoms with E-state index in [0.29, 0.717) is 25.4 Å². The topological polar surface area (TPSA) is 66.8 Å². The van der Waals surface area contributed by atoms with Crippen LogP contribution in [0.25, 0.3) is 0 Å². The van der Waals surface area contributed by atoms with Gasteiger partial charge in [0, 0.05) is 11.8 Å². The molecule has 0 bridgehead atoms. The van der Waals surface area contributed by atoms with Crippen molar-refractivity contribution in [3.05, 3.63) is 58.7 Å². The lowest BCUT2D eigenvalue weighted by atomic mass is 9.72. The van der Waals surface area contributed by atoms with E-state index in [-0.39, 0.29) is 17.5 Å². The summed E-state index contributed by atoms with van der Waals surface area (Å²) >= 11 is 0. The van der Waals surface area contributed by atoms with Crippen LogP contribution in [0.2, 0.25) is 0 Å². The van der Waals surface area contributed by atoms with Crippen LogP contribution in [-0.4, -0.2) is 22.8 Å². The van der Waals surface area contributed by atoms with Crippen LogP contribution < -0.4 is 0 Å². The Labute approximate surface area is 187 Å². The van der Waals surface area contributed by atoms with E-state index in [2.05, 4.69) is 20.8 Å². The Morgan fingerprint density at radius 2 is 1.55 bits per heavy atom. The van der Waals surface area contributed by atoms with Crippen molar-refractivity contribution in [1.82, 2.24) is 0 Å². The Kier molecular flexibility index (Phi) is 8.97. The molecule has 4 heteroatoms.